The molecule has 0 aromatic carbocycles. The van der Waals surface area contributed by atoms with Crippen molar-refractivity contribution in [2.75, 3.05) is 31.2 Å². The Morgan fingerprint density at radius 1 is 1.35 bits per heavy atom. The van der Waals surface area contributed by atoms with Crippen molar-refractivity contribution >= 4 is 23.4 Å². The summed E-state index contributed by atoms with van der Waals surface area (Å²) in [7, 11) is 1.28. The van der Waals surface area contributed by atoms with Crippen LogP contribution in [0.4, 0.5) is 11.5 Å². The van der Waals surface area contributed by atoms with Gasteiger partial charge in [0.15, 0.2) is 5.69 Å². The highest BCUT2D eigenvalue weighted by Gasteiger charge is 2.10. The van der Waals surface area contributed by atoms with Gasteiger partial charge < -0.3 is 21.1 Å². The van der Waals surface area contributed by atoms with Crippen molar-refractivity contribution in [2.45, 2.75) is 19.8 Å². The van der Waals surface area contributed by atoms with Crippen molar-refractivity contribution in [3.63, 3.8) is 0 Å². The molecular formula is C13H20N4O3. The maximum atomic E-state index is 11.4. The van der Waals surface area contributed by atoms with Crippen molar-refractivity contribution in [3.05, 3.63) is 17.8 Å². The van der Waals surface area contributed by atoms with E-state index in [0.717, 1.165) is 6.42 Å². The Morgan fingerprint density at radius 3 is 2.75 bits per heavy atom. The molecule has 4 N–H and O–H groups in total. The average molecular weight is 280 g/mol. The van der Waals surface area contributed by atoms with Gasteiger partial charge in [0.25, 0.3) is 0 Å². The molecule has 0 bridgehead atoms. The molecule has 0 aliphatic heterocycles. The van der Waals surface area contributed by atoms with Gasteiger partial charge in [-0.15, -0.1) is 0 Å². The highest BCUT2D eigenvalue weighted by molar-refractivity contribution is 5.88. The fourth-order valence-corrected chi connectivity index (χ4v) is 1.48. The summed E-state index contributed by atoms with van der Waals surface area (Å²) in [6, 6.07) is 3.05. The van der Waals surface area contributed by atoms with Crippen LogP contribution in [0.15, 0.2) is 12.1 Å². The number of rotatable bonds is 7. The third-order valence-electron chi connectivity index (χ3n) is 2.54. The second kappa shape index (κ2) is 7.98. The van der Waals surface area contributed by atoms with Gasteiger partial charge in [0, 0.05) is 19.5 Å². The number of nitrogen functional groups attached to an aromatic ring is 1. The molecular weight excluding hydrogens is 260 g/mol. The number of anilines is 2. The molecule has 0 unspecified atom stereocenters. The van der Waals surface area contributed by atoms with Gasteiger partial charge >= 0.3 is 5.97 Å². The number of nitrogens with zero attached hydrogens (tertiary/aromatic N) is 1. The third kappa shape index (κ3) is 4.75. The number of amides is 1. The molecule has 1 amide bonds. The first-order chi connectivity index (χ1) is 9.58. The largest absolute Gasteiger partial charge is 0.464 e. The summed E-state index contributed by atoms with van der Waals surface area (Å²) < 4.78 is 4.58. The minimum absolute atomic E-state index is 0.0398. The van der Waals surface area contributed by atoms with E-state index in [1.807, 2.05) is 6.92 Å². The molecule has 20 heavy (non-hydrogen) atoms. The lowest BCUT2D eigenvalue weighted by molar-refractivity contribution is -0.120. The van der Waals surface area contributed by atoms with Gasteiger partial charge in [-0.1, -0.05) is 6.92 Å². The molecule has 0 spiro atoms. The lowest BCUT2D eigenvalue weighted by Gasteiger charge is -2.09. The van der Waals surface area contributed by atoms with Crippen LogP contribution in [-0.2, 0) is 9.53 Å². The number of pyridine rings is 1. The third-order valence-corrected chi connectivity index (χ3v) is 2.54. The SMILES string of the molecule is CCCNC(=O)CCNc1nc(C(=O)OC)ccc1N. The first-order valence-corrected chi connectivity index (χ1v) is 6.43. The summed E-state index contributed by atoms with van der Waals surface area (Å²) in [5, 5.41) is 5.70. The van der Waals surface area contributed by atoms with E-state index in [0.29, 0.717) is 31.0 Å². The lowest BCUT2D eigenvalue weighted by Crippen LogP contribution is -2.26. The summed E-state index contributed by atoms with van der Waals surface area (Å²) in [4.78, 5) is 26.8. The predicted octanol–water partition coefficient (Wildman–Crippen LogP) is 0.779. The van der Waals surface area contributed by atoms with Crippen LogP contribution >= 0.6 is 0 Å². The fraction of sp³-hybridized carbons (Fsp3) is 0.462. The van der Waals surface area contributed by atoms with Crippen LogP contribution < -0.4 is 16.4 Å². The average Bonchev–Trinajstić information content (AvgIpc) is 2.46. The number of carbonyl (C=O) groups is 2. The molecule has 7 heteroatoms. The van der Waals surface area contributed by atoms with Crippen molar-refractivity contribution < 1.29 is 14.3 Å². The Bertz CT molecular complexity index is 477. The molecule has 0 aliphatic rings. The van der Waals surface area contributed by atoms with Gasteiger partial charge in [0.2, 0.25) is 5.91 Å². The van der Waals surface area contributed by atoms with E-state index >= 15 is 0 Å². The molecule has 1 aromatic heterocycles. The number of carbonyl (C=O) groups excluding carboxylic acids is 2. The molecule has 0 fully saturated rings. The van der Waals surface area contributed by atoms with Crippen LogP contribution in [0.5, 0.6) is 0 Å². The number of nitrogens with two attached hydrogens (primary N) is 1. The summed E-state index contributed by atoms with van der Waals surface area (Å²) in [6.07, 6.45) is 1.21. The Kier molecular flexibility index (Phi) is 6.28. The molecule has 0 atom stereocenters. The van der Waals surface area contributed by atoms with Crippen LogP contribution in [-0.4, -0.2) is 37.1 Å². The zero-order chi connectivity index (χ0) is 15.0. The summed E-state index contributed by atoms with van der Waals surface area (Å²) >= 11 is 0. The highest BCUT2D eigenvalue weighted by atomic mass is 16.5. The number of hydrogen-bond donors (Lipinski definition) is 3. The number of nitrogens with one attached hydrogen (secondary N) is 2. The van der Waals surface area contributed by atoms with E-state index in [1.165, 1.54) is 13.2 Å². The number of ether oxygens (including phenoxy) is 1. The van der Waals surface area contributed by atoms with E-state index in [1.54, 1.807) is 6.07 Å². The molecule has 0 saturated carbocycles. The second-order valence-electron chi connectivity index (χ2n) is 4.15. The monoisotopic (exact) mass is 280 g/mol. The highest BCUT2D eigenvalue weighted by Crippen LogP contribution is 2.16. The Morgan fingerprint density at radius 2 is 2.10 bits per heavy atom. The van der Waals surface area contributed by atoms with Crippen LogP contribution in [0.2, 0.25) is 0 Å². The zero-order valence-corrected chi connectivity index (χ0v) is 11.7. The molecule has 0 saturated heterocycles. The zero-order valence-electron chi connectivity index (χ0n) is 11.7. The van der Waals surface area contributed by atoms with Crippen LogP contribution in [0, 0.1) is 0 Å². The molecule has 0 radical (unpaired) electrons. The van der Waals surface area contributed by atoms with Gasteiger partial charge in [-0.2, -0.15) is 0 Å². The van der Waals surface area contributed by atoms with Crippen molar-refractivity contribution in [1.29, 1.82) is 0 Å². The van der Waals surface area contributed by atoms with Crippen LogP contribution in [0.25, 0.3) is 0 Å². The van der Waals surface area contributed by atoms with Crippen molar-refractivity contribution in [2.24, 2.45) is 0 Å². The van der Waals surface area contributed by atoms with Gasteiger partial charge in [0.05, 0.1) is 12.8 Å². The van der Waals surface area contributed by atoms with E-state index in [4.69, 9.17) is 5.73 Å². The van der Waals surface area contributed by atoms with Crippen LogP contribution in [0.1, 0.15) is 30.3 Å². The quantitative estimate of drug-likeness (QED) is 0.637. The number of methoxy groups -OCH3 is 1. The Labute approximate surface area is 117 Å². The maximum absolute atomic E-state index is 11.4. The standard InChI is InChI=1S/C13H20N4O3/c1-3-7-15-11(18)6-8-16-12-9(14)4-5-10(17-12)13(19)20-2/h4-5H,3,6-8,14H2,1-2H3,(H,15,18)(H,16,17). The lowest BCUT2D eigenvalue weighted by atomic mass is 10.3. The molecule has 0 aliphatic carbocycles. The normalized spacial score (nSPS) is 9.90. The van der Waals surface area contributed by atoms with E-state index in [2.05, 4.69) is 20.4 Å². The Hall–Kier alpha value is -2.31. The second-order valence-corrected chi connectivity index (χ2v) is 4.15. The maximum Gasteiger partial charge on any atom is 0.356 e. The smallest absolute Gasteiger partial charge is 0.356 e. The minimum Gasteiger partial charge on any atom is -0.464 e. The topological polar surface area (TPSA) is 106 Å². The number of aromatic nitrogens is 1. The predicted molar refractivity (Wildman–Crippen MR) is 76.4 cm³/mol. The number of hydrogen-bond acceptors (Lipinski definition) is 6. The van der Waals surface area contributed by atoms with Gasteiger partial charge in [0.1, 0.15) is 5.82 Å². The first-order valence-electron chi connectivity index (χ1n) is 6.43. The van der Waals surface area contributed by atoms with Crippen molar-refractivity contribution in [3.8, 4) is 0 Å². The molecule has 1 aromatic rings. The van der Waals surface area contributed by atoms with Gasteiger partial charge in [-0.3, -0.25) is 4.79 Å². The molecule has 110 valence electrons. The van der Waals surface area contributed by atoms with Crippen LogP contribution in [0.3, 0.4) is 0 Å². The Balaban J connectivity index is 2.55. The summed E-state index contributed by atoms with van der Waals surface area (Å²) in [6.45, 7) is 3.04. The molecule has 1 heterocycles. The van der Waals surface area contributed by atoms with E-state index in [9.17, 15) is 9.59 Å². The fourth-order valence-electron chi connectivity index (χ4n) is 1.48. The van der Waals surface area contributed by atoms with E-state index in [-0.39, 0.29) is 11.6 Å². The first kappa shape index (κ1) is 15.7. The minimum atomic E-state index is -0.534. The van der Waals surface area contributed by atoms with Gasteiger partial charge in [-0.25, -0.2) is 9.78 Å². The molecule has 7 nitrogen and oxygen atoms in total. The number of esters is 1. The van der Waals surface area contributed by atoms with Gasteiger partial charge in [-0.05, 0) is 18.6 Å². The summed E-state index contributed by atoms with van der Waals surface area (Å²) in [5.41, 5.74) is 6.33. The van der Waals surface area contributed by atoms with E-state index < -0.39 is 5.97 Å². The summed E-state index contributed by atoms with van der Waals surface area (Å²) in [5.74, 6) is -0.202. The van der Waals surface area contributed by atoms with Crippen molar-refractivity contribution in [1.82, 2.24) is 10.3 Å². The molecule has 1 rings (SSSR count).